The maximum absolute atomic E-state index is 4.10. The van der Waals surface area contributed by atoms with Crippen LogP contribution in [0.25, 0.3) is 0 Å². The van der Waals surface area contributed by atoms with Gasteiger partial charge in [-0.3, -0.25) is 5.10 Å². The van der Waals surface area contributed by atoms with Gasteiger partial charge in [0.2, 0.25) is 0 Å². The highest BCUT2D eigenvalue weighted by atomic mass is 15.1. The zero-order valence-corrected chi connectivity index (χ0v) is 8.14. The van der Waals surface area contributed by atoms with Gasteiger partial charge in [0, 0.05) is 23.7 Å². The third kappa shape index (κ3) is 2.10. The quantitative estimate of drug-likeness (QED) is 0.676. The first kappa shape index (κ1) is 8.75. The lowest BCUT2D eigenvalue weighted by Crippen LogP contribution is -2.14. The summed E-state index contributed by atoms with van der Waals surface area (Å²) in [7, 11) is 0. The minimum atomic E-state index is 0.779. The minimum Gasteiger partial charge on any atom is -0.313 e. The first-order valence-corrected chi connectivity index (χ1v) is 5.14. The Labute approximate surface area is 78.9 Å². The summed E-state index contributed by atoms with van der Waals surface area (Å²) < 4.78 is 0. The van der Waals surface area contributed by atoms with Crippen LogP contribution >= 0.6 is 0 Å². The topological polar surface area (TPSA) is 40.7 Å². The number of rotatable bonds is 5. The summed E-state index contributed by atoms with van der Waals surface area (Å²) in [5.41, 5.74) is 2.72. The largest absolute Gasteiger partial charge is 0.313 e. The van der Waals surface area contributed by atoms with E-state index in [0.717, 1.165) is 19.0 Å². The molecule has 0 aliphatic heterocycles. The first-order valence-electron chi connectivity index (χ1n) is 5.14. The Morgan fingerprint density at radius 1 is 1.62 bits per heavy atom. The van der Waals surface area contributed by atoms with E-state index in [2.05, 4.69) is 22.4 Å². The van der Waals surface area contributed by atoms with Gasteiger partial charge in [0.1, 0.15) is 0 Å². The van der Waals surface area contributed by atoms with Gasteiger partial charge in [0.25, 0.3) is 0 Å². The molecular formula is C10H17N3. The van der Waals surface area contributed by atoms with Gasteiger partial charge < -0.3 is 5.32 Å². The molecule has 1 aromatic rings. The van der Waals surface area contributed by atoms with Crippen molar-refractivity contribution in [3.63, 3.8) is 0 Å². The van der Waals surface area contributed by atoms with E-state index in [4.69, 9.17) is 0 Å². The fourth-order valence-corrected chi connectivity index (χ4v) is 1.59. The molecule has 0 aromatic carbocycles. The van der Waals surface area contributed by atoms with Crippen molar-refractivity contribution in [1.82, 2.24) is 15.5 Å². The molecule has 0 radical (unpaired) electrons. The summed E-state index contributed by atoms with van der Waals surface area (Å²) in [4.78, 5) is 0. The van der Waals surface area contributed by atoms with Gasteiger partial charge in [-0.1, -0.05) is 6.92 Å². The summed E-state index contributed by atoms with van der Waals surface area (Å²) in [5.74, 6) is 0.779. The lowest BCUT2D eigenvalue weighted by molar-refractivity contribution is 0.671. The second-order valence-corrected chi connectivity index (χ2v) is 3.76. The van der Waals surface area contributed by atoms with E-state index in [9.17, 15) is 0 Å². The van der Waals surface area contributed by atoms with Gasteiger partial charge in [-0.05, 0) is 25.8 Å². The molecule has 1 heterocycles. The molecule has 0 spiro atoms. The van der Waals surface area contributed by atoms with Crippen LogP contribution in [0.1, 0.15) is 43.4 Å². The Kier molecular flexibility index (Phi) is 2.64. The van der Waals surface area contributed by atoms with Crippen molar-refractivity contribution >= 4 is 0 Å². The molecule has 1 saturated carbocycles. The summed E-state index contributed by atoms with van der Waals surface area (Å²) in [5, 5.41) is 10.6. The van der Waals surface area contributed by atoms with Crippen molar-refractivity contribution in [2.75, 3.05) is 6.54 Å². The highest BCUT2D eigenvalue weighted by molar-refractivity contribution is 5.23. The fourth-order valence-electron chi connectivity index (χ4n) is 1.59. The van der Waals surface area contributed by atoms with Crippen molar-refractivity contribution in [2.24, 2.45) is 0 Å². The zero-order chi connectivity index (χ0) is 9.10. The van der Waals surface area contributed by atoms with Crippen molar-refractivity contribution < 1.29 is 0 Å². The van der Waals surface area contributed by atoms with E-state index in [1.807, 2.05) is 6.20 Å². The molecule has 72 valence electrons. The Morgan fingerprint density at radius 3 is 3.15 bits per heavy atom. The monoisotopic (exact) mass is 179 g/mol. The van der Waals surface area contributed by atoms with Gasteiger partial charge in [-0.25, -0.2) is 0 Å². The van der Waals surface area contributed by atoms with E-state index < -0.39 is 0 Å². The third-order valence-corrected chi connectivity index (χ3v) is 2.48. The second-order valence-electron chi connectivity index (χ2n) is 3.76. The Hall–Kier alpha value is -0.830. The second kappa shape index (κ2) is 3.92. The number of hydrogen-bond donors (Lipinski definition) is 2. The molecule has 0 saturated heterocycles. The van der Waals surface area contributed by atoms with Gasteiger partial charge in [0.15, 0.2) is 0 Å². The number of hydrogen-bond acceptors (Lipinski definition) is 2. The van der Waals surface area contributed by atoms with Crippen molar-refractivity contribution in [2.45, 2.75) is 38.6 Å². The number of H-pyrrole nitrogens is 1. The van der Waals surface area contributed by atoms with Crippen LogP contribution in [-0.4, -0.2) is 16.7 Å². The van der Waals surface area contributed by atoms with Crippen LogP contribution in [0, 0.1) is 0 Å². The van der Waals surface area contributed by atoms with Crippen molar-refractivity contribution in [1.29, 1.82) is 0 Å². The maximum atomic E-state index is 4.10. The van der Waals surface area contributed by atoms with E-state index >= 15 is 0 Å². The standard InChI is InChI=1S/C10H17N3/c1-2-5-11-6-9-7-12-13-10(9)8-3-4-8/h7-8,11H,2-6H2,1H3,(H,12,13). The number of aromatic nitrogens is 2. The molecule has 0 unspecified atom stereocenters. The van der Waals surface area contributed by atoms with E-state index in [1.165, 1.54) is 30.5 Å². The van der Waals surface area contributed by atoms with Crippen LogP contribution in [0.5, 0.6) is 0 Å². The minimum absolute atomic E-state index is 0.779. The normalized spacial score (nSPS) is 16.4. The van der Waals surface area contributed by atoms with Crippen LogP contribution in [0.3, 0.4) is 0 Å². The summed E-state index contributed by atoms with van der Waals surface area (Å²) in [6.07, 6.45) is 5.82. The van der Waals surface area contributed by atoms with Gasteiger partial charge in [0.05, 0.1) is 6.20 Å². The molecule has 3 nitrogen and oxygen atoms in total. The molecule has 0 amide bonds. The van der Waals surface area contributed by atoms with Crippen LogP contribution in [0.4, 0.5) is 0 Å². The number of nitrogens with one attached hydrogen (secondary N) is 2. The first-order chi connectivity index (χ1) is 6.42. The highest BCUT2D eigenvalue weighted by Crippen LogP contribution is 2.40. The molecule has 13 heavy (non-hydrogen) atoms. The summed E-state index contributed by atoms with van der Waals surface area (Å²) in [6, 6.07) is 0. The van der Waals surface area contributed by atoms with E-state index in [1.54, 1.807) is 0 Å². The van der Waals surface area contributed by atoms with Gasteiger partial charge in [-0.2, -0.15) is 5.10 Å². The molecule has 0 bridgehead atoms. The molecule has 1 aliphatic rings. The average molecular weight is 179 g/mol. The molecule has 1 fully saturated rings. The molecular weight excluding hydrogens is 162 g/mol. The van der Waals surface area contributed by atoms with E-state index in [0.29, 0.717) is 0 Å². The average Bonchev–Trinajstić information content (AvgIpc) is 2.88. The Morgan fingerprint density at radius 2 is 2.46 bits per heavy atom. The van der Waals surface area contributed by atoms with Gasteiger partial charge in [-0.15, -0.1) is 0 Å². The number of nitrogens with zero attached hydrogens (tertiary/aromatic N) is 1. The molecule has 2 N–H and O–H groups in total. The predicted octanol–water partition coefficient (Wildman–Crippen LogP) is 1.79. The van der Waals surface area contributed by atoms with E-state index in [-0.39, 0.29) is 0 Å². The molecule has 1 aliphatic carbocycles. The third-order valence-electron chi connectivity index (χ3n) is 2.48. The lowest BCUT2D eigenvalue weighted by Gasteiger charge is -2.02. The highest BCUT2D eigenvalue weighted by Gasteiger charge is 2.27. The van der Waals surface area contributed by atoms with Crippen LogP contribution in [-0.2, 0) is 6.54 Å². The van der Waals surface area contributed by atoms with Crippen molar-refractivity contribution in [3.05, 3.63) is 17.5 Å². The Bertz CT molecular complexity index is 263. The zero-order valence-electron chi connectivity index (χ0n) is 8.14. The SMILES string of the molecule is CCCNCc1cn[nH]c1C1CC1. The van der Waals surface area contributed by atoms with Crippen LogP contribution < -0.4 is 5.32 Å². The van der Waals surface area contributed by atoms with Crippen molar-refractivity contribution in [3.8, 4) is 0 Å². The lowest BCUT2D eigenvalue weighted by atomic mass is 10.2. The van der Waals surface area contributed by atoms with Crippen LogP contribution in [0.2, 0.25) is 0 Å². The maximum Gasteiger partial charge on any atom is 0.0535 e. The molecule has 1 aromatic heterocycles. The summed E-state index contributed by atoms with van der Waals surface area (Å²) >= 11 is 0. The molecule has 2 rings (SSSR count). The molecule has 3 heteroatoms. The smallest absolute Gasteiger partial charge is 0.0535 e. The summed E-state index contributed by atoms with van der Waals surface area (Å²) in [6.45, 7) is 4.25. The van der Waals surface area contributed by atoms with Crippen LogP contribution in [0.15, 0.2) is 6.20 Å². The van der Waals surface area contributed by atoms with Gasteiger partial charge >= 0.3 is 0 Å². The number of aromatic amines is 1. The Balaban J connectivity index is 1.90. The fraction of sp³-hybridized carbons (Fsp3) is 0.700. The molecule has 0 atom stereocenters. The predicted molar refractivity (Wildman–Crippen MR) is 52.6 cm³/mol.